The Morgan fingerprint density at radius 2 is 2.05 bits per heavy atom. The molecule has 2 rings (SSSR count). The van der Waals surface area contributed by atoms with Crippen LogP contribution in [-0.2, 0) is 16.6 Å². The largest absolute Gasteiger partial charge is 0.407 e. The number of hydrogen-bond donors (Lipinski definition) is 2. The zero-order valence-electron chi connectivity index (χ0n) is 11.5. The van der Waals surface area contributed by atoms with Crippen molar-refractivity contribution in [3.63, 3.8) is 0 Å². The highest BCUT2D eigenvalue weighted by molar-refractivity contribution is 7.91. The summed E-state index contributed by atoms with van der Waals surface area (Å²) in [7, 11) is -4.13. The molecule has 21 heavy (non-hydrogen) atoms. The topological polar surface area (TPSA) is 58.2 Å². The van der Waals surface area contributed by atoms with E-state index in [-0.39, 0.29) is 17.1 Å². The highest BCUT2D eigenvalue weighted by Gasteiger charge is 2.65. The molecular formula is C12H17F3N2O2S2. The monoisotopic (exact) mass is 342 g/mol. The van der Waals surface area contributed by atoms with Crippen LogP contribution in [0.3, 0.4) is 0 Å². The SMILES string of the molecule is CCCNCc1csc(S(=O)(=O)NC2(C(F)(F)F)CC2)c1. The molecule has 1 saturated carbocycles. The minimum atomic E-state index is -4.55. The summed E-state index contributed by atoms with van der Waals surface area (Å²) in [4.78, 5) is 0. The average molecular weight is 342 g/mol. The molecule has 0 aliphatic heterocycles. The molecule has 1 heterocycles. The van der Waals surface area contributed by atoms with Crippen molar-refractivity contribution in [1.82, 2.24) is 10.0 Å². The summed E-state index contributed by atoms with van der Waals surface area (Å²) in [6.07, 6.45) is -4.01. The van der Waals surface area contributed by atoms with Crippen molar-refractivity contribution in [2.75, 3.05) is 6.54 Å². The molecule has 1 aliphatic rings. The van der Waals surface area contributed by atoms with Gasteiger partial charge in [0.05, 0.1) is 0 Å². The molecule has 1 aromatic rings. The van der Waals surface area contributed by atoms with E-state index in [2.05, 4.69) is 5.32 Å². The van der Waals surface area contributed by atoms with E-state index in [1.54, 1.807) is 5.38 Å². The Kier molecular flexibility index (Phi) is 4.67. The second kappa shape index (κ2) is 5.86. The van der Waals surface area contributed by atoms with Gasteiger partial charge < -0.3 is 5.32 Å². The molecule has 0 unspecified atom stereocenters. The Labute approximate surface area is 125 Å². The maximum Gasteiger partial charge on any atom is 0.407 e. The van der Waals surface area contributed by atoms with Gasteiger partial charge in [-0.2, -0.15) is 17.9 Å². The first-order valence-electron chi connectivity index (χ1n) is 6.59. The lowest BCUT2D eigenvalue weighted by atomic mass is 10.3. The van der Waals surface area contributed by atoms with Gasteiger partial charge in [0.15, 0.2) is 0 Å². The zero-order valence-corrected chi connectivity index (χ0v) is 13.1. The van der Waals surface area contributed by atoms with Crippen molar-refractivity contribution in [2.45, 2.75) is 48.7 Å². The zero-order chi connectivity index (χ0) is 15.7. The Balaban J connectivity index is 2.07. The van der Waals surface area contributed by atoms with E-state index in [9.17, 15) is 21.6 Å². The maximum atomic E-state index is 12.8. The first kappa shape index (κ1) is 16.7. The van der Waals surface area contributed by atoms with Crippen LogP contribution in [0.1, 0.15) is 31.7 Å². The van der Waals surface area contributed by atoms with Crippen LogP contribution in [0.4, 0.5) is 13.2 Å². The molecule has 0 spiro atoms. The van der Waals surface area contributed by atoms with Gasteiger partial charge in [0.1, 0.15) is 9.75 Å². The second-order valence-corrected chi connectivity index (χ2v) is 7.96. The molecule has 1 fully saturated rings. The Morgan fingerprint density at radius 3 is 2.57 bits per heavy atom. The number of halogens is 3. The molecule has 0 radical (unpaired) electrons. The van der Waals surface area contributed by atoms with E-state index in [0.29, 0.717) is 6.54 Å². The Morgan fingerprint density at radius 1 is 1.38 bits per heavy atom. The van der Waals surface area contributed by atoms with Crippen LogP contribution in [0.15, 0.2) is 15.7 Å². The molecule has 2 N–H and O–H groups in total. The van der Waals surface area contributed by atoms with Gasteiger partial charge in [-0.25, -0.2) is 8.42 Å². The van der Waals surface area contributed by atoms with Crippen molar-refractivity contribution < 1.29 is 21.6 Å². The van der Waals surface area contributed by atoms with Crippen LogP contribution in [0.2, 0.25) is 0 Å². The third kappa shape index (κ3) is 3.77. The third-order valence-corrected chi connectivity index (χ3v) is 6.30. The standard InChI is InChI=1S/C12H17F3N2O2S2/c1-2-5-16-7-9-6-10(20-8-9)21(18,19)17-11(3-4-11)12(13,14)15/h6,8,16-17H,2-5,7H2,1H3. The van der Waals surface area contributed by atoms with Crippen LogP contribution in [-0.4, -0.2) is 26.7 Å². The van der Waals surface area contributed by atoms with Crippen molar-refractivity contribution in [2.24, 2.45) is 0 Å². The summed E-state index contributed by atoms with van der Waals surface area (Å²) < 4.78 is 64.3. The summed E-state index contributed by atoms with van der Waals surface area (Å²) in [5.74, 6) is 0. The van der Waals surface area contributed by atoms with E-state index in [4.69, 9.17) is 0 Å². The van der Waals surface area contributed by atoms with Crippen molar-refractivity contribution in [1.29, 1.82) is 0 Å². The van der Waals surface area contributed by atoms with Crippen LogP contribution in [0.25, 0.3) is 0 Å². The quantitative estimate of drug-likeness (QED) is 0.749. The molecule has 0 amide bonds. The van der Waals surface area contributed by atoms with Gasteiger partial charge in [-0.3, -0.25) is 0 Å². The van der Waals surface area contributed by atoms with E-state index in [0.717, 1.165) is 29.9 Å². The predicted octanol–water partition coefficient (Wildman–Crippen LogP) is 2.62. The minimum absolute atomic E-state index is 0.0775. The Hall–Kier alpha value is -0.640. The third-order valence-electron chi connectivity index (χ3n) is 3.27. The molecule has 1 aliphatic carbocycles. The average Bonchev–Trinajstić information content (AvgIpc) is 2.99. The lowest BCUT2D eigenvalue weighted by molar-refractivity contribution is -0.160. The lowest BCUT2D eigenvalue weighted by Gasteiger charge is -2.19. The number of nitrogens with one attached hydrogen (secondary N) is 2. The lowest BCUT2D eigenvalue weighted by Crippen LogP contribution is -2.47. The smallest absolute Gasteiger partial charge is 0.313 e. The summed E-state index contributed by atoms with van der Waals surface area (Å²) in [6, 6.07) is 1.42. The fraction of sp³-hybridized carbons (Fsp3) is 0.667. The van der Waals surface area contributed by atoms with Crippen molar-refractivity contribution in [3.05, 3.63) is 17.0 Å². The number of alkyl halides is 3. The molecule has 0 aromatic carbocycles. The van der Waals surface area contributed by atoms with Gasteiger partial charge in [-0.1, -0.05) is 6.92 Å². The van der Waals surface area contributed by atoms with Gasteiger partial charge in [-0.15, -0.1) is 11.3 Å². The number of hydrogen-bond acceptors (Lipinski definition) is 4. The number of sulfonamides is 1. The second-order valence-electron chi connectivity index (χ2n) is 5.14. The van der Waals surface area contributed by atoms with Gasteiger partial charge in [0.25, 0.3) is 10.0 Å². The van der Waals surface area contributed by atoms with Gasteiger partial charge in [0, 0.05) is 6.54 Å². The molecule has 4 nitrogen and oxygen atoms in total. The first-order chi connectivity index (χ1) is 9.70. The molecule has 0 bridgehead atoms. The van der Waals surface area contributed by atoms with E-state index in [1.807, 2.05) is 11.6 Å². The fourth-order valence-electron chi connectivity index (χ4n) is 1.87. The summed E-state index contributed by atoms with van der Waals surface area (Å²) >= 11 is 0.936. The van der Waals surface area contributed by atoms with Crippen LogP contribution in [0, 0.1) is 0 Å². The van der Waals surface area contributed by atoms with Gasteiger partial charge in [0.2, 0.25) is 0 Å². The van der Waals surface area contributed by atoms with E-state index in [1.165, 1.54) is 6.07 Å². The molecule has 1 aromatic heterocycles. The number of rotatable bonds is 7. The molecular weight excluding hydrogens is 325 g/mol. The predicted molar refractivity (Wildman–Crippen MR) is 74.7 cm³/mol. The van der Waals surface area contributed by atoms with Crippen LogP contribution in [0.5, 0.6) is 0 Å². The Bertz CT molecular complexity index is 592. The highest BCUT2D eigenvalue weighted by atomic mass is 32.2. The summed E-state index contributed by atoms with van der Waals surface area (Å²) in [5.41, 5.74) is -1.51. The van der Waals surface area contributed by atoms with Gasteiger partial charge in [-0.05, 0) is 42.8 Å². The van der Waals surface area contributed by atoms with Gasteiger partial charge >= 0.3 is 6.18 Å². The summed E-state index contributed by atoms with van der Waals surface area (Å²) in [5, 5.41) is 4.76. The minimum Gasteiger partial charge on any atom is -0.313 e. The fourth-order valence-corrected chi connectivity index (χ4v) is 4.53. The summed E-state index contributed by atoms with van der Waals surface area (Å²) in [6.45, 7) is 3.31. The maximum absolute atomic E-state index is 12.8. The highest BCUT2D eigenvalue weighted by Crippen LogP contribution is 2.49. The molecule has 0 saturated heterocycles. The van der Waals surface area contributed by atoms with Crippen LogP contribution >= 0.6 is 11.3 Å². The molecule has 0 atom stereocenters. The number of thiophene rings is 1. The normalized spacial score (nSPS) is 17.9. The molecule has 120 valence electrons. The van der Waals surface area contributed by atoms with Crippen molar-refractivity contribution >= 4 is 21.4 Å². The van der Waals surface area contributed by atoms with Crippen LogP contribution < -0.4 is 10.0 Å². The van der Waals surface area contributed by atoms with E-state index < -0.39 is 21.7 Å². The van der Waals surface area contributed by atoms with E-state index >= 15 is 0 Å². The van der Waals surface area contributed by atoms with Crippen molar-refractivity contribution in [3.8, 4) is 0 Å². The first-order valence-corrected chi connectivity index (χ1v) is 8.95. The molecule has 9 heteroatoms.